The van der Waals surface area contributed by atoms with E-state index >= 15 is 0 Å². The molecule has 0 aromatic heterocycles. The Bertz CT molecular complexity index is 1280. The number of nitrogens with one attached hydrogen (secondary N) is 1. The van der Waals surface area contributed by atoms with Gasteiger partial charge in [0, 0.05) is 0 Å². The highest BCUT2D eigenvalue weighted by Crippen LogP contribution is 2.36. The van der Waals surface area contributed by atoms with Gasteiger partial charge in [0.05, 0.1) is 17.2 Å². The van der Waals surface area contributed by atoms with E-state index in [4.69, 9.17) is 27.9 Å². The number of rotatable bonds is 6. The molecule has 7 nitrogen and oxygen atoms in total. The fraction of sp³-hybridized carbons (Fsp3) is 0.125. The van der Waals surface area contributed by atoms with E-state index in [9.17, 15) is 14.4 Å². The average molecular weight is 485 g/mol. The van der Waals surface area contributed by atoms with E-state index in [2.05, 4.69) is 10.1 Å². The van der Waals surface area contributed by atoms with Crippen LogP contribution in [0.15, 0.2) is 60.3 Å². The number of ether oxygens (including phenoxy) is 2. The van der Waals surface area contributed by atoms with Crippen LogP contribution in [0.5, 0.6) is 5.75 Å². The van der Waals surface area contributed by atoms with Crippen molar-refractivity contribution in [2.24, 2.45) is 0 Å². The Kier molecular flexibility index (Phi) is 6.53. The number of nitrogens with zero attached hydrogens (tertiary/aromatic N) is 1. The minimum absolute atomic E-state index is 0.0135. The Balaban J connectivity index is 1.53. The first-order chi connectivity index (χ1) is 15.9. The molecule has 9 heteroatoms. The molecule has 0 spiro atoms. The van der Waals surface area contributed by atoms with Gasteiger partial charge in [0.2, 0.25) is 0 Å². The van der Waals surface area contributed by atoms with Crippen LogP contribution < -0.4 is 10.1 Å². The van der Waals surface area contributed by atoms with Crippen molar-refractivity contribution in [3.05, 3.63) is 81.5 Å². The number of carbonyl (C=O) groups excluding carboxylic acids is 3. The summed E-state index contributed by atoms with van der Waals surface area (Å²) >= 11 is 12.8. The molecule has 0 atom stereocenters. The second-order valence-electron chi connectivity index (χ2n) is 7.20. The Hall–Kier alpha value is -3.55. The summed E-state index contributed by atoms with van der Waals surface area (Å²) in [5.41, 5.74) is 1.45. The lowest BCUT2D eigenvalue weighted by Crippen LogP contribution is -2.36. The maximum Gasteiger partial charge on any atom is 0.329 e. The van der Waals surface area contributed by atoms with E-state index in [0.717, 1.165) is 21.2 Å². The minimum atomic E-state index is -0.719. The number of carbonyl (C=O) groups is 3. The van der Waals surface area contributed by atoms with E-state index in [1.807, 2.05) is 42.5 Å². The molecule has 33 heavy (non-hydrogen) atoms. The van der Waals surface area contributed by atoms with Crippen molar-refractivity contribution >= 4 is 58.0 Å². The van der Waals surface area contributed by atoms with Crippen molar-refractivity contribution in [3.63, 3.8) is 0 Å². The van der Waals surface area contributed by atoms with E-state index in [1.54, 1.807) is 12.1 Å². The third-order valence-corrected chi connectivity index (χ3v) is 5.62. The van der Waals surface area contributed by atoms with E-state index in [1.165, 1.54) is 13.2 Å². The topological polar surface area (TPSA) is 84.9 Å². The lowest BCUT2D eigenvalue weighted by molar-refractivity contribution is -0.143. The van der Waals surface area contributed by atoms with Gasteiger partial charge in [-0.3, -0.25) is 9.59 Å². The summed E-state index contributed by atoms with van der Waals surface area (Å²) in [7, 11) is 1.17. The van der Waals surface area contributed by atoms with Crippen molar-refractivity contribution in [1.82, 2.24) is 10.2 Å². The third-order valence-electron chi connectivity index (χ3n) is 5.06. The smallest absolute Gasteiger partial charge is 0.329 e. The van der Waals surface area contributed by atoms with Crippen LogP contribution in [0.1, 0.15) is 11.1 Å². The Morgan fingerprint density at radius 1 is 1.06 bits per heavy atom. The maximum atomic E-state index is 12.5. The number of methoxy groups -OCH3 is 1. The minimum Gasteiger partial charge on any atom is -0.486 e. The molecule has 1 saturated heterocycles. The molecule has 1 fully saturated rings. The number of amides is 3. The first-order valence-electron chi connectivity index (χ1n) is 9.87. The molecule has 1 N–H and O–H groups in total. The van der Waals surface area contributed by atoms with Crippen LogP contribution in [-0.4, -0.2) is 36.5 Å². The number of hydrogen-bond acceptors (Lipinski definition) is 5. The van der Waals surface area contributed by atoms with Crippen molar-refractivity contribution in [3.8, 4) is 5.75 Å². The summed E-state index contributed by atoms with van der Waals surface area (Å²) in [5.74, 6) is -1.06. The van der Waals surface area contributed by atoms with Gasteiger partial charge in [-0.1, -0.05) is 65.7 Å². The molecular formula is C24H18Cl2N2O5. The molecule has 3 aromatic rings. The van der Waals surface area contributed by atoms with Crippen molar-refractivity contribution in [1.29, 1.82) is 0 Å². The zero-order valence-electron chi connectivity index (χ0n) is 17.4. The predicted molar refractivity (Wildman–Crippen MR) is 125 cm³/mol. The van der Waals surface area contributed by atoms with Gasteiger partial charge in [-0.25, -0.2) is 9.69 Å². The molecule has 1 aliphatic rings. The highest BCUT2D eigenvalue weighted by Gasteiger charge is 2.35. The number of halogens is 2. The number of hydrogen-bond donors (Lipinski definition) is 1. The molecule has 1 aliphatic heterocycles. The molecule has 0 unspecified atom stereocenters. The maximum absolute atomic E-state index is 12.5. The van der Waals surface area contributed by atoms with Gasteiger partial charge in [0.25, 0.3) is 5.91 Å². The fourth-order valence-corrected chi connectivity index (χ4v) is 4.06. The molecule has 0 radical (unpaired) electrons. The van der Waals surface area contributed by atoms with Gasteiger partial charge >= 0.3 is 12.0 Å². The van der Waals surface area contributed by atoms with Gasteiger partial charge in [-0.2, -0.15) is 0 Å². The summed E-state index contributed by atoms with van der Waals surface area (Å²) in [6.07, 6.45) is 1.42. The highest BCUT2D eigenvalue weighted by atomic mass is 35.5. The third kappa shape index (κ3) is 4.79. The van der Waals surface area contributed by atoms with Gasteiger partial charge in [-0.05, 0) is 40.1 Å². The van der Waals surface area contributed by atoms with Crippen LogP contribution >= 0.6 is 23.2 Å². The van der Waals surface area contributed by atoms with Crippen LogP contribution in [0.2, 0.25) is 10.0 Å². The van der Waals surface area contributed by atoms with Gasteiger partial charge < -0.3 is 14.8 Å². The predicted octanol–water partition coefficient (Wildman–Crippen LogP) is 4.79. The molecule has 1 heterocycles. The monoisotopic (exact) mass is 484 g/mol. The van der Waals surface area contributed by atoms with Crippen LogP contribution in [0.4, 0.5) is 4.79 Å². The Morgan fingerprint density at radius 2 is 1.76 bits per heavy atom. The molecule has 3 amide bonds. The molecule has 3 aromatic carbocycles. The Morgan fingerprint density at radius 3 is 2.48 bits per heavy atom. The van der Waals surface area contributed by atoms with Gasteiger partial charge in [0.15, 0.2) is 5.75 Å². The highest BCUT2D eigenvalue weighted by molar-refractivity contribution is 6.37. The first-order valence-corrected chi connectivity index (χ1v) is 10.6. The molecule has 0 saturated carbocycles. The summed E-state index contributed by atoms with van der Waals surface area (Å²) < 4.78 is 10.4. The normalized spacial score (nSPS) is 14.6. The van der Waals surface area contributed by atoms with Crippen molar-refractivity contribution in [2.75, 3.05) is 13.7 Å². The Labute approximate surface area is 199 Å². The lowest BCUT2D eigenvalue weighted by atomic mass is 10.1. The van der Waals surface area contributed by atoms with Crippen LogP contribution in [0.3, 0.4) is 0 Å². The molecule has 0 aliphatic carbocycles. The summed E-state index contributed by atoms with van der Waals surface area (Å²) in [6, 6.07) is 16.3. The van der Waals surface area contributed by atoms with Gasteiger partial charge in [0.1, 0.15) is 18.8 Å². The fourth-order valence-electron chi connectivity index (χ4n) is 3.44. The average Bonchev–Trinajstić information content (AvgIpc) is 3.05. The zero-order valence-corrected chi connectivity index (χ0v) is 18.9. The standard InChI is InChI=1S/C24H18Cl2N2O5/c1-32-21(29)12-28-23(30)20(27-24(28)31)11-14-9-18(25)22(19(26)10-14)33-13-16-7-4-6-15-5-2-3-8-17(15)16/h2-11H,12-13H2,1H3,(H,27,31)/b20-11+. The number of esters is 1. The SMILES string of the molecule is COC(=O)CN1C(=O)N/C(=C/c2cc(Cl)c(OCc3cccc4ccccc34)c(Cl)c2)C1=O. The van der Waals surface area contributed by atoms with Crippen LogP contribution in [0.25, 0.3) is 16.8 Å². The summed E-state index contributed by atoms with van der Waals surface area (Å²) in [4.78, 5) is 36.6. The molecular weight excluding hydrogens is 467 g/mol. The lowest BCUT2D eigenvalue weighted by Gasteiger charge is -2.13. The number of imide groups is 1. The molecule has 4 rings (SSSR count). The van der Waals surface area contributed by atoms with Gasteiger partial charge in [-0.15, -0.1) is 0 Å². The second-order valence-corrected chi connectivity index (χ2v) is 8.01. The summed E-state index contributed by atoms with van der Waals surface area (Å²) in [6.45, 7) is -0.223. The zero-order chi connectivity index (χ0) is 23.5. The largest absolute Gasteiger partial charge is 0.486 e. The number of fused-ring (bicyclic) bond motifs is 1. The van der Waals surface area contributed by atoms with Crippen LogP contribution in [0, 0.1) is 0 Å². The van der Waals surface area contributed by atoms with Crippen molar-refractivity contribution < 1.29 is 23.9 Å². The number of urea groups is 1. The quantitative estimate of drug-likeness (QED) is 0.308. The van der Waals surface area contributed by atoms with Crippen LogP contribution in [-0.2, 0) is 20.9 Å². The molecule has 168 valence electrons. The van der Waals surface area contributed by atoms with E-state index < -0.39 is 24.5 Å². The second kappa shape index (κ2) is 9.52. The first kappa shape index (κ1) is 22.6. The van der Waals surface area contributed by atoms with E-state index in [-0.39, 0.29) is 22.3 Å². The number of benzene rings is 3. The summed E-state index contributed by atoms with van der Waals surface area (Å²) in [5, 5.41) is 5.09. The van der Waals surface area contributed by atoms with Crippen molar-refractivity contribution in [2.45, 2.75) is 6.61 Å². The van der Waals surface area contributed by atoms with E-state index in [0.29, 0.717) is 11.3 Å². The molecule has 0 bridgehead atoms.